The van der Waals surface area contributed by atoms with E-state index in [4.69, 9.17) is 0 Å². The number of hydrogen-bond acceptors (Lipinski definition) is 2. The van der Waals surface area contributed by atoms with Crippen molar-refractivity contribution in [2.24, 2.45) is 5.92 Å². The van der Waals surface area contributed by atoms with Crippen LogP contribution in [0.1, 0.15) is 26.2 Å². The first-order valence-corrected chi connectivity index (χ1v) is 4.83. The lowest BCUT2D eigenvalue weighted by atomic mass is 10.1. The van der Waals surface area contributed by atoms with Crippen molar-refractivity contribution < 1.29 is 4.79 Å². The first kappa shape index (κ1) is 9.52. The van der Waals surface area contributed by atoms with Gasteiger partial charge in [0.05, 0.1) is 5.92 Å². The van der Waals surface area contributed by atoms with E-state index in [0.29, 0.717) is 0 Å². The molecule has 1 fully saturated rings. The van der Waals surface area contributed by atoms with Crippen molar-refractivity contribution in [3.05, 3.63) is 0 Å². The van der Waals surface area contributed by atoms with E-state index in [1.165, 1.54) is 0 Å². The van der Waals surface area contributed by atoms with E-state index < -0.39 is 0 Å². The molecule has 3 nitrogen and oxygen atoms in total. The third kappa shape index (κ3) is 2.81. The van der Waals surface area contributed by atoms with E-state index in [0.717, 1.165) is 38.9 Å². The lowest BCUT2D eigenvalue weighted by molar-refractivity contribution is -0.124. The molecule has 1 amide bonds. The predicted octanol–water partition coefficient (Wildman–Crippen LogP) is 0.512. The third-order valence-corrected chi connectivity index (χ3v) is 2.26. The highest BCUT2D eigenvalue weighted by Crippen LogP contribution is 2.06. The minimum atomic E-state index is 0.224. The fraction of sp³-hybridized carbons (Fsp3) is 0.889. The summed E-state index contributed by atoms with van der Waals surface area (Å²) in [5, 5.41) is 6.13. The number of rotatable bonds is 4. The van der Waals surface area contributed by atoms with Gasteiger partial charge in [0.1, 0.15) is 0 Å². The molecule has 1 heterocycles. The Bertz CT molecular complexity index is 141. The first-order valence-electron chi connectivity index (χ1n) is 4.83. The Kier molecular flexibility index (Phi) is 4.08. The van der Waals surface area contributed by atoms with Crippen LogP contribution in [0, 0.1) is 5.92 Å². The Morgan fingerprint density at radius 2 is 2.50 bits per heavy atom. The van der Waals surface area contributed by atoms with Gasteiger partial charge in [-0.25, -0.2) is 0 Å². The molecule has 2 N–H and O–H groups in total. The monoisotopic (exact) mass is 170 g/mol. The van der Waals surface area contributed by atoms with E-state index >= 15 is 0 Å². The zero-order valence-corrected chi connectivity index (χ0v) is 7.73. The molecule has 0 aliphatic carbocycles. The second kappa shape index (κ2) is 5.14. The van der Waals surface area contributed by atoms with Crippen LogP contribution in [0.3, 0.4) is 0 Å². The Labute approximate surface area is 73.9 Å². The minimum Gasteiger partial charge on any atom is -0.356 e. The number of carbonyl (C=O) groups excluding carboxylic acids is 1. The molecule has 70 valence electrons. The molecule has 1 saturated heterocycles. The average molecular weight is 170 g/mol. The van der Waals surface area contributed by atoms with Gasteiger partial charge in [0, 0.05) is 13.1 Å². The van der Waals surface area contributed by atoms with E-state index in [9.17, 15) is 4.79 Å². The van der Waals surface area contributed by atoms with Gasteiger partial charge >= 0.3 is 0 Å². The van der Waals surface area contributed by atoms with E-state index in [1.807, 2.05) is 0 Å². The summed E-state index contributed by atoms with van der Waals surface area (Å²) >= 11 is 0. The maximum atomic E-state index is 11.4. The molecular formula is C9H18N2O. The van der Waals surface area contributed by atoms with Crippen LogP contribution in [0.15, 0.2) is 0 Å². The van der Waals surface area contributed by atoms with Crippen LogP contribution >= 0.6 is 0 Å². The molecule has 1 aliphatic rings. The van der Waals surface area contributed by atoms with Crippen molar-refractivity contribution in [3.63, 3.8) is 0 Å². The van der Waals surface area contributed by atoms with Gasteiger partial charge in [0.15, 0.2) is 0 Å². The molecule has 0 aromatic carbocycles. The Balaban J connectivity index is 2.10. The quantitative estimate of drug-likeness (QED) is 0.604. The van der Waals surface area contributed by atoms with Gasteiger partial charge < -0.3 is 10.6 Å². The van der Waals surface area contributed by atoms with Gasteiger partial charge in [0.2, 0.25) is 5.91 Å². The first-order chi connectivity index (χ1) is 5.84. The molecule has 0 spiro atoms. The number of amides is 1. The Hall–Kier alpha value is -0.570. The number of unbranched alkanes of at least 4 members (excludes halogenated alkanes) is 1. The molecule has 1 rings (SSSR count). The summed E-state index contributed by atoms with van der Waals surface area (Å²) in [6.45, 7) is 4.82. The standard InChI is InChI=1S/C9H18N2O/c1-2-3-5-11-9(12)8-4-6-10-7-8/h8,10H,2-7H2,1H3,(H,11,12)/t8-/m0/s1. The largest absolute Gasteiger partial charge is 0.356 e. The topological polar surface area (TPSA) is 41.1 Å². The molecule has 0 saturated carbocycles. The van der Waals surface area contributed by atoms with Crippen LogP contribution in [0.2, 0.25) is 0 Å². The van der Waals surface area contributed by atoms with Crippen LogP contribution in [-0.2, 0) is 4.79 Å². The molecule has 1 aliphatic heterocycles. The number of carbonyl (C=O) groups is 1. The fourth-order valence-corrected chi connectivity index (χ4v) is 1.41. The van der Waals surface area contributed by atoms with E-state index in [2.05, 4.69) is 17.6 Å². The van der Waals surface area contributed by atoms with Crippen molar-refractivity contribution in [2.45, 2.75) is 26.2 Å². The van der Waals surface area contributed by atoms with Crippen molar-refractivity contribution >= 4 is 5.91 Å². The molecule has 0 unspecified atom stereocenters. The van der Waals surface area contributed by atoms with Gasteiger partial charge in [-0.05, 0) is 19.4 Å². The summed E-state index contributed by atoms with van der Waals surface area (Å²) in [5.41, 5.74) is 0. The molecule has 0 bridgehead atoms. The summed E-state index contributed by atoms with van der Waals surface area (Å²) in [6, 6.07) is 0. The van der Waals surface area contributed by atoms with Gasteiger partial charge in [-0.15, -0.1) is 0 Å². The van der Waals surface area contributed by atoms with Crippen LogP contribution in [-0.4, -0.2) is 25.5 Å². The summed E-state index contributed by atoms with van der Waals surface area (Å²) in [6.07, 6.45) is 3.23. The van der Waals surface area contributed by atoms with Crippen LogP contribution in [0.25, 0.3) is 0 Å². The predicted molar refractivity (Wildman–Crippen MR) is 48.9 cm³/mol. The molecule has 12 heavy (non-hydrogen) atoms. The van der Waals surface area contributed by atoms with Gasteiger partial charge in [0.25, 0.3) is 0 Å². The van der Waals surface area contributed by atoms with E-state index in [-0.39, 0.29) is 11.8 Å². The molecule has 0 aromatic rings. The van der Waals surface area contributed by atoms with Crippen molar-refractivity contribution in [1.82, 2.24) is 10.6 Å². The van der Waals surface area contributed by atoms with Crippen molar-refractivity contribution in [2.75, 3.05) is 19.6 Å². The highest BCUT2D eigenvalue weighted by atomic mass is 16.1. The second-order valence-corrected chi connectivity index (χ2v) is 3.33. The minimum absolute atomic E-state index is 0.224. The van der Waals surface area contributed by atoms with Crippen LogP contribution < -0.4 is 10.6 Å². The van der Waals surface area contributed by atoms with Crippen LogP contribution in [0.4, 0.5) is 0 Å². The number of hydrogen-bond donors (Lipinski definition) is 2. The zero-order chi connectivity index (χ0) is 8.81. The maximum Gasteiger partial charge on any atom is 0.224 e. The maximum absolute atomic E-state index is 11.4. The summed E-state index contributed by atoms with van der Waals surface area (Å²) in [5.74, 6) is 0.454. The average Bonchev–Trinajstić information content (AvgIpc) is 2.56. The van der Waals surface area contributed by atoms with Crippen molar-refractivity contribution in [3.8, 4) is 0 Å². The van der Waals surface area contributed by atoms with Gasteiger partial charge in [-0.2, -0.15) is 0 Å². The second-order valence-electron chi connectivity index (χ2n) is 3.33. The fourth-order valence-electron chi connectivity index (χ4n) is 1.41. The Morgan fingerprint density at radius 1 is 1.67 bits per heavy atom. The number of nitrogens with one attached hydrogen (secondary N) is 2. The molecular weight excluding hydrogens is 152 g/mol. The van der Waals surface area contributed by atoms with E-state index in [1.54, 1.807) is 0 Å². The van der Waals surface area contributed by atoms with Crippen LogP contribution in [0.5, 0.6) is 0 Å². The molecule has 0 radical (unpaired) electrons. The lowest BCUT2D eigenvalue weighted by Gasteiger charge is -2.08. The lowest BCUT2D eigenvalue weighted by Crippen LogP contribution is -2.32. The van der Waals surface area contributed by atoms with Gasteiger partial charge in [-0.1, -0.05) is 13.3 Å². The highest BCUT2D eigenvalue weighted by Gasteiger charge is 2.21. The smallest absolute Gasteiger partial charge is 0.224 e. The molecule has 1 atom stereocenters. The van der Waals surface area contributed by atoms with Crippen molar-refractivity contribution in [1.29, 1.82) is 0 Å². The molecule has 3 heteroatoms. The highest BCUT2D eigenvalue weighted by molar-refractivity contribution is 5.79. The summed E-state index contributed by atoms with van der Waals surface area (Å²) in [7, 11) is 0. The Morgan fingerprint density at radius 3 is 3.08 bits per heavy atom. The summed E-state index contributed by atoms with van der Waals surface area (Å²) in [4.78, 5) is 11.4. The zero-order valence-electron chi connectivity index (χ0n) is 7.73. The summed E-state index contributed by atoms with van der Waals surface area (Å²) < 4.78 is 0. The SMILES string of the molecule is CCCCNC(=O)[C@H]1CCNC1. The normalized spacial score (nSPS) is 22.6. The molecule has 0 aromatic heterocycles. The van der Waals surface area contributed by atoms with Gasteiger partial charge in [-0.3, -0.25) is 4.79 Å². The third-order valence-electron chi connectivity index (χ3n) is 2.26.